The number of benzene rings is 1. The van der Waals surface area contributed by atoms with Gasteiger partial charge in [-0.1, -0.05) is 5.16 Å². The molecule has 0 bridgehead atoms. The smallest absolute Gasteiger partial charge is 0.315 e. The number of likely N-dealkylation sites (N-methyl/N-ethyl adjacent to an activating group) is 1. The quantitative estimate of drug-likeness (QED) is 0.844. The summed E-state index contributed by atoms with van der Waals surface area (Å²) in [6.07, 6.45) is 0.713. The van der Waals surface area contributed by atoms with Gasteiger partial charge < -0.3 is 24.6 Å². The zero-order valence-corrected chi connectivity index (χ0v) is 15.6. The van der Waals surface area contributed by atoms with Crippen molar-refractivity contribution in [1.82, 2.24) is 25.7 Å². The minimum absolute atomic E-state index is 0.0274. The highest BCUT2D eigenvalue weighted by atomic mass is 16.7. The van der Waals surface area contributed by atoms with Crippen LogP contribution in [0.25, 0.3) is 11.4 Å². The molecule has 2 aliphatic rings. The first-order valence-electron chi connectivity index (χ1n) is 9.00. The molecule has 0 spiro atoms. The lowest BCUT2D eigenvalue weighted by molar-refractivity contribution is 0.174. The Morgan fingerprint density at radius 3 is 2.93 bits per heavy atom. The average molecular weight is 373 g/mol. The molecule has 0 aliphatic carbocycles. The van der Waals surface area contributed by atoms with Crippen LogP contribution in [-0.4, -0.2) is 53.5 Å². The standard InChI is InChI=1S/C18H23N5O4/c1-10(2)19-18(24)20-12-7-13(23(3)8-12)17-21-16(22-27-17)11-4-5-14-15(6-11)26-9-25-14/h4-6,10,12-13H,7-9H2,1-3H3,(H2,19,20,24). The number of carbonyl (C=O) groups is 1. The number of ether oxygens (including phenoxy) is 2. The van der Waals surface area contributed by atoms with Crippen LogP contribution in [0.4, 0.5) is 4.79 Å². The van der Waals surface area contributed by atoms with Crippen molar-refractivity contribution in [3.05, 3.63) is 24.1 Å². The molecule has 4 rings (SSSR count). The van der Waals surface area contributed by atoms with Crippen molar-refractivity contribution in [3.63, 3.8) is 0 Å². The minimum atomic E-state index is -0.157. The molecular weight excluding hydrogens is 350 g/mol. The fourth-order valence-corrected chi connectivity index (χ4v) is 3.41. The normalized spacial score (nSPS) is 21.6. The molecule has 0 radical (unpaired) electrons. The maximum absolute atomic E-state index is 11.9. The molecule has 2 atom stereocenters. The van der Waals surface area contributed by atoms with Gasteiger partial charge in [0.1, 0.15) is 0 Å². The monoisotopic (exact) mass is 373 g/mol. The molecule has 1 saturated heterocycles. The molecule has 1 aromatic heterocycles. The maximum Gasteiger partial charge on any atom is 0.315 e. The van der Waals surface area contributed by atoms with Crippen molar-refractivity contribution in [1.29, 1.82) is 0 Å². The molecule has 3 heterocycles. The SMILES string of the molecule is CC(C)NC(=O)NC1CC(c2nc(-c3ccc4c(c3)OCO4)no2)N(C)C1. The summed E-state index contributed by atoms with van der Waals surface area (Å²) in [6.45, 7) is 4.80. The number of likely N-dealkylation sites (tertiary alicyclic amines) is 1. The Bertz CT molecular complexity index is 837. The van der Waals surface area contributed by atoms with Gasteiger partial charge in [0, 0.05) is 24.2 Å². The zero-order valence-electron chi connectivity index (χ0n) is 15.6. The average Bonchev–Trinajstić information content (AvgIpc) is 3.32. The van der Waals surface area contributed by atoms with Crippen molar-refractivity contribution in [2.24, 2.45) is 0 Å². The third kappa shape index (κ3) is 3.68. The fraction of sp³-hybridized carbons (Fsp3) is 0.500. The van der Waals surface area contributed by atoms with Gasteiger partial charge in [-0.05, 0) is 45.5 Å². The van der Waals surface area contributed by atoms with Crippen LogP contribution < -0.4 is 20.1 Å². The Kier molecular flexibility index (Phi) is 4.61. The van der Waals surface area contributed by atoms with E-state index in [0.29, 0.717) is 29.6 Å². The molecule has 2 N–H and O–H groups in total. The molecule has 2 amide bonds. The summed E-state index contributed by atoms with van der Waals surface area (Å²) in [5.41, 5.74) is 0.806. The summed E-state index contributed by atoms with van der Waals surface area (Å²) in [5.74, 6) is 2.44. The number of aromatic nitrogens is 2. The summed E-state index contributed by atoms with van der Waals surface area (Å²) in [7, 11) is 1.98. The molecule has 9 heteroatoms. The van der Waals surface area contributed by atoms with Gasteiger partial charge in [0.2, 0.25) is 18.5 Å². The second-order valence-corrected chi connectivity index (χ2v) is 7.18. The molecule has 0 saturated carbocycles. The van der Waals surface area contributed by atoms with Crippen LogP contribution in [0, 0.1) is 0 Å². The van der Waals surface area contributed by atoms with Crippen molar-refractivity contribution < 1.29 is 18.8 Å². The maximum atomic E-state index is 11.9. The lowest BCUT2D eigenvalue weighted by Gasteiger charge is -2.15. The van der Waals surface area contributed by atoms with Crippen LogP contribution in [0.5, 0.6) is 11.5 Å². The van der Waals surface area contributed by atoms with Gasteiger partial charge in [-0.3, -0.25) is 4.90 Å². The Hall–Kier alpha value is -2.81. The third-order valence-corrected chi connectivity index (χ3v) is 4.66. The molecule has 1 fully saturated rings. The van der Waals surface area contributed by atoms with Gasteiger partial charge in [0.25, 0.3) is 0 Å². The first-order valence-corrected chi connectivity index (χ1v) is 9.00. The Morgan fingerprint density at radius 1 is 1.30 bits per heavy atom. The van der Waals surface area contributed by atoms with Crippen LogP contribution in [0.15, 0.2) is 22.7 Å². The first kappa shape index (κ1) is 17.6. The van der Waals surface area contributed by atoms with E-state index in [2.05, 4.69) is 25.7 Å². The van der Waals surface area contributed by atoms with Gasteiger partial charge in [-0.25, -0.2) is 4.79 Å². The third-order valence-electron chi connectivity index (χ3n) is 4.66. The highest BCUT2D eigenvalue weighted by Crippen LogP contribution is 2.36. The highest BCUT2D eigenvalue weighted by molar-refractivity contribution is 5.74. The van der Waals surface area contributed by atoms with Gasteiger partial charge in [0.05, 0.1) is 6.04 Å². The van der Waals surface area contributed by atoms with Crippen molar-refractivity contribution in [3.8, 4) is 22.9 Å². The van der Waals surface area contributed by atoms with Gasteiger partial charge in [-0.2, -0.15) is 4.98 Å². The Morgan fingerprint density at radius 2 is 2.11 bits per heavy atom. The van der Waals surface area contributed by atoms with Gasteiger partial charge in [-0.15, -0.1) is 0 Å². The number of fused-ring (bicyclic) bond motifs is 1. The lowest BCUT2D eigenvalue weighted by Crippen LogP contribution is -2.45. The number of amides is 2. The van der Waals surface area contributed by atoms with E-state index < -0.39 is 0 Å². The van der Waals surface area contributed by atoms with E-state index in [1.54, 1.807) is 0 Å². The van der Waals surface area contributed by atoms with Crippen molar-refractivity contribution in [2.75, 3.05) is 20.4 Å². The number of hydrogen-bond acceptors (Lipinski definition) is 7. The van der Waals surface area contributed by atoms with E-state index in [0.717, 1.165) is 12.1 Å². The molecule has 1 aromatic carbocycles. The largest absolute Gasteiger partial charge is 0.454 e. The van der Waals surface area contributed by atoms with E-state index in [-0.39, 0.29) is 30.9 Å². The van der Waals surface area contributed by atoms with Crippen LogP contribution >= 0.6 is 0 Å². The van der Waals surface area contributed by atoms with Crippen molar-refractivity contribution >= 4 is 6.03 Å². The van der Waals surface area contributed by atoms with Crippen LogP contribution in [0.2, 0.25) is 0 Å². The van der Waals surface area contributed by atoms with Crippen LogP contribution in [0.1, 0.15) is 32.2 Å². The molecular formula is C18H23N5O4. The zero-order chi connectivity index (χ0) is 19.0. The number of urea groups is 1. The molecule has 27 heavy (non-hydrogen) atoms. The molecule has 2 aliphatic heterocycles. The Labute approximate surface area is 157 Å². The number of hydrogen-bond donors (Lipinski definition) is 2. The number of carbonyl (C=O) groups excluding carboxylic acids is 1. The van der Waals surface area contributed by atoms with E-state index in [9.17, 15) is 4.79 Å². The topological polar surface area (TPSA) is 102 Å². The number of rotatable bonds is 4. The highest BCUT2D eigenvalue weighted by Gasteiger charge is 2.35. The van der Waals surface area contributed by atoms with Crippen LogP contribution in [-0.2, 0) is 0 Å². The lowest BCUT2D eigenvalue weighted by atomic mass is 10.1. The molecule has 2 unspecified atom stereocenters. The molecule has 2 aromatic rings. The summed E-state index contributed by atoms with van der Waals surface area (Å²) in [5, 5.41) is 9.95. The summed E-state index contributed by atoms with van der Waals surface area (Å²) in [6, 6.07) is 5.49. The van der Waals surface area contributed by atoms with E-state index in [1.807, 2.05) is 39.1 Å². The number of nitrogens with one attached hydrogen (secondary N) is 2. The second-order valence-electron chi connectivity index (χ2n) is 7.18. The summed E-state index contributed by atoms with van der Waals surface area (Å²) in [4.78, 5) is 18.6. The number of nitrogens with zero attached hydrogens (tertiary/aromatic N) is 3. The fourth-order valence-electron chi connectivity index (χ4n) is 3.41. The van der Waals surface area contributed by atoms with Gasteiger partial charge in [0.15, 0.2) is 11.5 Å². The van der Waals surface area contributed by atoms with E-state index >= 15 is 0 Å². The molecule has 144 valence electrons. The predicted octanol–water partition coefficient (Wildman–Crippen LogP) is 1.92. The Balaban J connectivity index is 1.44. The summed E-state index contributed by atoms with van der Waals surface area (Å²) < 4.78 is 16.2. The van der Waals surface area contributed by atoms with E-state index in [4.69, 9.17) is 14.0 Å². The minimum Gasteiger partial charge on any atom is -0.454 e. The first-order chi connectivity index (χ1) is 13.0. The van der Waals surface area contributed by atoms with Crippen molar-refractivity contribution in [2.45, 2.75) is 38.4 Å². The summed E-state index contributed by atoms with van der Waals surface area (Å²) >= 11 is 0. The second kappa shape index (κ2) is 7.07. The van der Waals surface area contributed by atoms with Crippen LogP contribution in [0.3, 0.4) is 0 Å². The molecule has 9 nitrogen and oxygen atoms in total. The van der Waals surface area contributed by atoms with E-state index in [1.165, 1.54) is 0 Å². The van der Waals surface area contributed by atoms with Gasteiger partial charge >= 0.3 is 6.03 Å². The predicted molar refractivity (Wildman–Crippen MR) is 96.4 cm³/mol.